The van der Waals surface area contributed by atoms with E-state index in [1.807, 2.05) is 6.20 Å². The number of hydrogen-bond donors (Lipinski definition) is 1. The van der Waals surface area contributed by atoms with Crippen molar-refractivity contribution in [3.63, 3.8) is 0 Å². The van der Waals surface area contributed by atoms with Crippen LogP contribution in [0.5, 0.6) is 0 Å². The van der Waals surface area contributed by atoms with Crippen LogP contribution in [0.1, 0.15) is 33.3 Å². The van der Waals surface area contributed by atoms with Gasteiger partial charge in [0.2, 0.25) is 0 Å². The highest BCUT2D eigenvalue weighted by molar-refractivity contribution is 5.40. The van der Waals surface area contributed by atoms with Gasteiger partial charge in [0.1, 0.15) is 5.82 Å². The number of anilines is 1. The second-order valence-electron chi connectivity index (χ2n) is 5.96. The third kappa shape index (κ3) is 5.47. The zero-order valence-electron chi connectivity index (χ0n) is 13.8. The van der Waals surface area contributed by atoms with Gasteiger partial charge in [-0.25, -0.2) is 4.98 Å². The summed E-state index contributed by atoms with van der Waals surface area (Å²) in [6, 6.07) is 5.26. The van der Waals surface area contributed by atoms with E-state index in [1.54, 1.807) is 0 Å². The number of nitrogens with one attached hydrogen (secondary N) is 1. The third-order valence-electron chi connectivity index (χ3n) is 3.32. The first kappa shape index (κ1) is 16.9. The molecule has 0 aromatic carbocycles. The van der Waals surface area contributed by atoms with Gasteiger partial charge < -0.3 is 15.1 Å². The van der Waals surface area contributed by atoms with Crippen LogP contribution >= 0.6 is 0 Å². The Hall–Kier alpha value is -1.13. The first-order valence-electron chi connectivity index (χ1n) is 7.53. The molecule has 0 amide bonds. The van der Waals surface area contributed by atoms with Crippen LogP contribution in [0, 0.1) is 0 Å². The lowest BCUT2D eigenvalue weighted by atomic mass is 10.2. The van der Waals surface area contributed by atoms with Crippen molar-refractivity contribution in [2.24, 2.45) is 0 Å². The molecule has 114 valence electrons. The molecule has 1 aromatic heterocycles. The molecule has 20 heavy (non-hydrogen) atoms. The molecule has 1 atom stereocenters. The van der Waals surface area contributed by atoms with Crippen molar-refractivity contribution < 1.29 is 0 Å². The van der Waals surface area contributed by atoms with Crippen molar-refractivity contribution in [3.05, 3.63) is 23.9 Å². The van der Waals surface area contributed by atoms with Crippen LogP contribution in [0.15, 0.2) is 18.3 Å². The summed E-state index contributed by atoms with van der Waals surface area (Å²) >= 11 is 0. The van der Waals surface area contributed by atoms with Crippen molar-refractivity contribution >= 4 is 5.82 Å². The minimum Gasteiger partial charge on any atom is -0.353 e. The number of hydrogen-bond acceptors (Lipinski definition) is 4. The van der Waals surface area contributed by atoms with E-state index in [-0.39, 0.29) is 0 Å². The molecule has 0 aliphatic rings. The Morgan fingerprint density at radius 2 is 1.90 bits per heavy atom. The largest absolute Gasteiger partial charge is 0.353 e. The number of aromatic nitrogens is 1. The van der Waals surface area contributed by atoms with Crippen molar-refractivity contribution in [2.75, 3.05) is 32.1 Å². The lowest BCUT2D eigenvalue weighted by molar-refractivity contribution is 0.372. The van der Waals surface area contributed by atoms with Crippen LogP contribution in [-0.2, 0) is 6.54 Å². The molecule has 0 saturated heterocycles. The molecule has 1 heterocycles. The molecule has 0 aliphatic carbocycles. The van der Waals surface area contributed by atoms with Crippen molar-refractivity contribution in [1.29, 1.82) is 0 Å². The average molecular weight is 278 g/mol. The monoisotopic (exact) mass is 278 g/mol. The Morgan fingerprint density at radius 3 is 2.35 bits per heavy atom. The summed E-state index contributed by atoms with van der Waals surface area (Å²) in [5.74, 6) is 1.06. The smallest absolute Gasteiger partial charge is 0.128 e. The van der Waals surface area contributed by atoms with Gasteiger partial charge >= 0.3 is 0 Å². The normalized spacial score (nSPS) is 13.0. The van der Waals surface area contributed by atoms with Crippen molar-refractivity contribution in [3.8, 4) is 0 Å². The molecule has 0 bridgehead atoms. The average Bonchev–Trinajstić information content (AvgIpc) is 2.37. The zero-order valence-corrected chi connectivity index (χ0v) is 13.8. The highest BCUT2D eigenvalue weighted by Gasteiger charge is 2.14. The first-order chi connectivity index (χ1) is 9.43. The second-order valence-corrected chi connectivity index (χ2v) is 5.96. The minimum absolute atomic E-state index is 0.460. The molecule has 1 rings (SSSR count). The second kappa shape index (κ2) is 8.22. The molecule has 1 N–H and O–H groups in total. The summed E-state index contributed by atoms with van der Waals surface area (Å²) < 4.78 is 0. The Labute approximate surface area is 124 Å². The third-order valence-corrected chi connectivity index (χ3v) is 3.32. The number of nitrogens with zero attached hydrogens (tertiary/aromatic N) is 3. The fraction of sp³-hybridized carbons (Fsp3) is 0.688. The fourth-order valence-electron chi connectivity index (χ4n) is 2.34. The maximum Gasteiger partial charge on any atom is 0.128 e. The molecule has 4 heteroatoms. The number of pyridine rings is 1. The molecule has 0 aliphatic heterocycles. The highest BCUT2D eigenvalue weighted by atomic mass is 15.2. The molecular formula is C16H30N4. The Kier molecular flexibility index (Phi) is 6.96. The summed E-state index contributed by atoms with van der Waals surface area (Å²) in [4.78, 5) is 9.19. The van der Waals surface area contributed by atoms with Crippen molar-refractivity contribution in [2.45, 2.75) is 46.3 Å². The van der Waals surface area contributed by atoms with Crippen LogP contribution in [0.2, 0.25) is 0 Å². The van der Waals surface area contributed by atoms with Crippen LogP contribution in [0.4, 0.5) is 5.82 Å². The molecule has 0 fully saturated rings. The van der Waals surface area contributed by atoms with E-state index in [0.29, 0.717) is 12.1 Å². The van der Waals surface area contributed by atoms with Gasteiger partial charge in [0.25, 0.3) is 0 Å². The zero-order chi connectivity index (χ0) is 15.1. The maximum absolute atomic E-state index is 4.62. The lowest BCUT2D eigenvalue weighted by Gasteiger charge is -2.31. The predicted octanol–water partition coefficient (Wildman–Crippen LogP) is 2.36. The molecule has 4 nitrogen and oxygen atoms in total. The van der Waals surface area contributed by atoms with E-state index in [1.165, 1.54) is 5.56 Å². The first-order valence-corrected chi connectivity index (χ1v) is 7.53. The van der Waals surface area contributed by atoms with Gasteiger partial charge in [-0.2, -0.15) is 0 Å². The van der Waals surface area contributed by atoms with E-state index in [9.17, 15) is 0 Å². The highest BCUT2D eigenvalue weighted by Crippen LogP contribution is 2.14. The van der Waals surface area contributed by atoms with Crippen LogP contribution < -0.4 is 10.2 Å². The van der Waals surface area contributed by atoms with Gasteiger partial charge in [-0.05, 0) is 39.6 Å². The van der Waals surface area contributed by atoms with Crippen LogP contribution in [0.3, 0.4) is 0 Å². The SMILES string of the molecule is CCN(c1ccc(CNC(C)C)cn1)C(C)CN(C)C. The van der Waals surface area contributed by atoms with Gasteiger partial charge in [-0.1, -0.05) is 19.9 Å². The fourth-order valence-corrected chi connectivity index (χ4v) is 2.34. The van der Waals surface area contributed by atoms with E-state index in [2.05, 4.69) is 74.0 Å². The molecular weight excluding hydrogens is 248 g/mol. The van der Waals surface area contributed by atoms with Gasteiger partial charge in [0, 0.05) is 37.9 Å². The lowest BCUT2D eigenvalue weighted by Crippen LogP contribution is -2.40. The Morgan fingerprint density at radius 1 is 1.20 bits per heavy atom. The topological polar surface area (TPSA) is 31.4 Å². The molecule has 0 radical (unpaired) electrons. The minimum atomic E-state index is 0.460. The summed E-state index contributed by atoms with van der Waals surface area (Å²) in [6.07, 6.45) is 1.98. The van der Waals surface area contributed by atoms with E-state index in [0.717, 1.165) is 25.5 Å². The molecule has 0 saturated carbocycles. The van der Waals surface area contributed by atoms with E-state index < -0.39 is 0 Å². The van der Waals surface area contributed by atoms with Crippen LogP contribution in [-0.4, -0.2) is 49.2 Å². The van der Waals surface area contributed by atoms with Gasteiger partial charge in [0.05, 0.1) is 0 Å². The summed E-state index contributed by atoms with van der Waals surface area (Å²) in [5.41, 5.74) is 1.23. The standard InChI is InChI=1S/C16H30N4/c1-7-20(14(4)12-19(5)6)16-9-8-15(11-18-16)10-17-13(2)3/h8-9,11,13-14,17H,7,10,12H2,1-6H3. The summed E-state index contributed by atoms with van der Waals surface area (Å²) in [6.45, 7) is 11.6. The van der Waals surface area contributed by atoms with Crippen LogP contribution in [0.25, 0.3) is 0 Å². The number of likely N-dealkylation sites (N-methyl/N-ethyl adjacent to an activating group) is 2. The van der Waals surface area contributed by atoms with Gasteiger partial charge in [0.15, 0.2) is 0 Å². The van der Waals surface area contributed by atoms with E-state index >= 15 is 0 Å². The predicted molar refractivity (Wildman–Crippen MR) is 87.2 cm³/mol. The van der Waals surface area contributed by atoms with E-state index in [4.69, 9.17) is 0 Å². The van der Waals surface area contributed by atoms with Gasteiger partial charge in [-0.3, -0.25) is 0 Å². The quantitative estimate of drug-likeness (QED) is 0.791. The summed E-state index contributed by atoms with van der Waals surface area (Å²) in [5, 5.41) is 3.41. The Bertz CT molecular complexity index is 373. The summed E-state index contributed by atoms with van der Waals surface area (Å²) in [7, 11) is 4.22. The van der Waals surface area contributed by atoms with Gasteiger partial charge in [-0.15, -0.1) is 0 Å². The Balaban J connectivity index is 2.69. The maximum atomic E-state index is 4.62. The molecule has 1 aromatic rings. The number of rotatable bonds is 8. The molecule has 1 unspecified atom stereocenters. The van der Waals surface area contributed by atoms with Crippen molar-refractivity contribution in [1.82, 2.24) is 15.2 Å². The molecule has 0 spiro atoms.